The zero-order chi connectivity index (χ0) is 34.2. The molecule has 0 bridgehead atoms. The molecular formula is C37H42N6O5. The van der Waals surface area contributed by atoms with E-state index < -0.39 is 47.9 Å². The Bertz CT molecular complexity index is 1880. The molecule has 5 aromatic rings. The fourth-order valence-corrected chi connectivity index (χ4v) is 5.94. The van der Waals surface area contributed by atoms with Crippen LogP contribution in [-0.2, 0) is 38.4 Å². The Kier molecular flexibility index (Phi) is 10.9. The van der Waals surface area contributed by atoms with Crippen molar-refractivity contribution in [3.63, 3.8) is 0 Å². The number of hydrogen-bond donors (Lipinski definition) is 7. The second-order valence-electron chi connectivity index (χ2n) is 12.6. The maximum absolute atomic E-state index is 14.1. The van der Waals surface area contributed by atoms with Gasteiger partial charge in [-0.05, 0) is 47.6 Å². The number of aromatic nitrogens is 2. The summed E-state index contributed by atoms with van der Waals surface area (Å²) in [6, 6.07) is 20.2. The van der Waals surface area contributed by atoms with Crippen LogP contribution in [0.3, 0.4) is 0 Å². The van der Waals surface area contributed by atoms with E-state index in [0.29, 0.717) is 0 Å². The molecule has 5 rings (SSSR count). The Hall–Kier alpha value is -5.42. The van der Waals surface area contributed by atoms with Gasteiger partial charge in [-0.1, -0.05) is 80.6 Å². The molecule has 4 atom stereocenters. The van der Waals surface area contributed by atoms with Crippen LogP contribution in [0.2, 0.25) is 0 Å². The average molecular weight is 651 g/mol. The van der Waals surface area contributed by atoms with Crippen molar-refractivity contribution < 1.29 is 24.3 Å². The van der Waals surface area contributed by atoms with E-state index in [-0.39, 0.29) is 31.6 Å². The molecule has 3 aromatic carbocycles. The molecule has 4 unspecified atom stereocenters. The molecule has 250 valence electrons. The van der Waals surface area contributed by atoms with Gasteiger partial charge in [0.15, 0.2) is 0 Å². The van der Waals surface area contributed by atoms with Gasteiger partial charge in [0.1, 0.15) is 18.1 Å². The largest absolute Gasteiger partial charge is 0.480 e. The van der Waals surface area contributed by atoms with E-state index in [1.165, 1.54) is 0 Å². The van der Waals surface area contributed by atoms with Crippen LogP contribution in [0.15, 0.2) is 91.3 Å². The third-order valence-corrected chi connectivity index (χ3v) is 8.42. The van der Waals surface area contributed by atoms with Gasteiger partial charge < -0.3 is 36.8 Å². The summed E-state index contributed by atoms with van der Waals surface area (Å²) in [5.74, 6) is -2.89. The molecule has 0 aliphatic heterocycles. The van der Waals surface area contributed by atoms with Gasteiger partial charge in [0, 0.05) is 47.0 Å². The lowest BCUT2D eigenvalue weighted by Gasteiger charge is -2.26. The van der Waals surface area contributed by atoms with E-state index in [0.717, 1.165) is 38.5 Å². The topological polar surface area (TPSA) is 182 Å². The number of hydrogen-bond acceptors (Lipinski definition) is 5. The summed E-state index contributed by atoms with van der Waals surface area (Å²) in [6.45, 7) is 3.74. The monoisotopic (exact) mass is 650 g/mol. The number of rotatable bonds is 15. The number of carboxylic acids is 1. The first kappa shape index (κ1) is 33.9. The van der Waals surface area contributed by atoms with E-state index in [1.807, 2.05) is 98.9 Å². The van der Waals surface area contributed by atoms with Gasteiger partial charge in [-0.3, -0.25) is 14.4 Å². The molecule has 2 heterocycles. The summed E-state index contributed by atoms with van der Waals surface area (Å²) < 4.78 is 0. The van der Waals surface area contributed by atoms with Crippen molar-refractivity contribution in [3.05, 3.63) is 108 Å². The van der Waals surface area contributed by atoms with E-state index >= 15 is 0 Å². The normalized spacial score (nSPS) is 13.9. The second kappa shape index (κ2) is 15.4. The van der Waals surface area contributed by atoms with E-state index in [4.69, 9.17) is 5.73 Å². The fourth-order valence-electron chi connectivity index (χ4n) is 5.94. The molecule has 48 heavy (non-hydrogen) atoms. The Balaban J connectivity index is 1.39. The quantitative estimate of drug-likeness (QED) is 0.0909. The third kappa shape index (κ3) is 8.48. The number of para-hydroxylation sites is 2. The standard InChI is InChI=1S/C37H42N6O5/c1-22(2)16-33(37(47)48)43-35(45)31(17-23-10-4-3-5-11-23)42-36(46)32(19-25-21-40-30-15-9-7-13-27(25)30)41-34(44)28(38)18-24-20-39-29-14-8-6-12-26(24)29/h3-15,20-22,28,31-33,39-40H,16-19,38H2,1-2H3,(H,41,44)(H,42,46)(H,43,45)(H,47,48). The van der Waals surface area contributed by atoms with E-state index in [9.17, 15) is 24.3 Å². The number of carboxylic acid groups (broad SMARTS) is 1. The van der Waals surface area contributed by atoms with Crippen LogP contribution in [0.5, 0.6) is 0 Å². The highest BCUT2D eigenvalue weighted by molar-refractivity contribution is 5.95. The summed E-state index contributed by atoms with van der Waals surface area (Å²) >= 11 is 0. The van der Waals surface area contributed by atoms with Crippen LogP contribution in [-0.4, -0.2) is 62.9 Å². The van der Waals surface area contributed by atoms with Crippen LogP contribution in [0.1, 0.15) is 37.0 Å². The lowest BCUT2D eigenvalue weighted by Crippen LogP contribution is -2.58. The number of carbonyl (C=O) groups is 4. The molecule has 11 nitrogen and oxygen atoms in total. The fraction of sp³-hybridized carbons (Fsp3) is 0.297. The molecule has 0 fully saturated rings. The van der Waals surface area contributed by atoms with Crippen LogP contribution >= 0.6 is 0 Å². The highest BCUT2D eigenvalue weighted by Gasteiger charge is 2.31. The van der Waals surface area contributed by atoms with Crippen molar-refractivity contribution in [1.82, 2.24) is 25.9 Å². The molecule has 0 radical (unpaired) electrons. The van der Waals surface area contributed by atoms with Gasteiger partial charge in [-0.2, -0.15) is 0 Å². The van der Waals surface area contributed by atoms with E-state index in [2.05, 4.69) is 25.9 Å². The number of amides is 3. The summed E-state index contributed by atoms with van der Waals surface area (Å²) in [5.41, 5.74) is 10.6. The number of nitrogens with one attached hydrogen (secondary N) is 5. The smallest absolute Gasteiger partial charge is 0.326 e. The van der Waals surface area contributed by atoms with Crippen molar-refractivity contribution in [2.75, 3.05) is 0 Å². The minimum absolute atomic E-state index is 0.0118. The summed E-state index contributed by atoms with van der Waals surface area (Å²) in [4.78, 5) is 59.6. The van der Waals surface area contributed by atoms with Crippen molar-refractivity contribution >= 4 is 45.5 Å². The molecule has 0 saturated heterocycles. The van der Waals surface area contributed by atoms with E-state index in [1.54, 1.807) is 6.20 Å². The Morgan fingerprint density at radius 3 is 1.69 bits per heavy atom. The minimum atomic E-state index is -1.16. The minimum Gasteiger partial charge on any atom is -0.480 e. The van der Waals surface area contributed by atoms with Crippen LogP contribution in [0.4, 0.5) is 0 Å². The van der Waals surface area contributed by atoms with Crippen LogP contribution < -0.4 is 21.7 Å². The van der Waals surface area contributed by atoms with Crippen molar-refractivity contribution in [2.45, 2.75) is 63.7 Å². The molecule has 8 N–H and O–H groups in total. The highest BCUT2D eigenvalue weighted by Crippen LogP contribution is 2.21. The summed E-state index contributed by atoms with van der Waals surface area (Å²) in [5, 5.41) is 19.9. The summed E-state index contributed by atoms with van der Waals surface area (Å²) in [7, 11) is 0. The van der Waals surface area contributed by atoms with Gasteiger partial charge in [0.05, 0.1) is 6.04 Å². The van der Waals surface area contributed by atoms with Crippen molar-refractivity contribution in [2.24, 2.45) is 11.7 Å². The van der Waals surface area contributed by atoms with Gasteiger partial charge in [-0.25, -0.2) is 4.79 Å². The lowest BCUT2D eigenvalue weighted by atomic mass is 10.00. The van der Waals surface area contributed by atoms with Crippen molar-refractivity contribution in [1.29, 1.82) is 0 Å². The molecule has 3 amide bonds. The molecule has 0 aliphatic carbocycles. The number of aromatic amines is 2. The zero-order valence-corrected chi connectivity index (χ0v) is 27.0. The van der Waals surface area contributed by atoms with Crippen molar-refractivity contribution in [3.8, 4) is 0 Å². The van der Waals surface area contributed by atoms with Gasteiger partial charge in [0.25, 0.3) is 0 Å². The Morgan fingerprint density at radius 1 is 0.646 bits per heavy atom. The predicted molar refractivity (Wildman–Crippen MR) is 185 cm³/mol. The third-order valence-electron chi connectivity index (χ3n) is 8.42. The second-order valence-corrected chi connectivity index (χ2v) is 12.6. The van der Waals surface area contributed by atoms with Crippen LogP contribution in [0, 0.1) is 5.92 Å². The lowest BCUT2D eigenvalue weighted by molar-refractivity contribution is -0.142. The molecule has 0 aliphatic rings. The number of carbonyl (C=O) groups excluding carboxylic acids is 3. The number of nitrogens with two attached hydrogens (primary N) is 1. The maximum atomic E-state index is 14.1. The number of H-pyrrole nitrogens is 2. The van der Waals surface area contributed by atoms with Gasteiger partial charge >= 0.3 is 5.97 Å². The van der Waals surface area contributed by atoms with Gasteiger partial charge in [-0.15, -0.1) is 0 Å². The predicted octanol–water partition coefficient (Wildman–Crippen LogP) is 3.59. The molecule has 2 aromatic heterocycles. The number of benzene rings is 3. The van der Waals surface area contributed by atoms with Gasteiger partial charge in [0.2, 0.25) is 17.7 Å². The first-order chi connectivity index (χ1) is 23.1. The first-order valence-corrected chi connectivity index (χ1v) is 16.1. The Morgan fingerprint density at radius 2 is 1.12 bits per heavy atom. The summed E-state index contributed by atoms with van der Waals surface area (Å²) in [6.07, 6.45) is 4.31. The average Bonchev–Trinajstić information content (AvgIpc) is 3.67. The Labute approximate surface area is 278 Å². The molecule has 0 saturated carbocycles. The van der Waals surface area contributed by atoms with Crippen LogP contribution in [0.25, 0.3) is 21.8 Å². The highest BCUT2D eigenvalue weighted by atomic mass is 16.4. The first-order valence-electron chi connectivity index (χ1n) is 16.1. The molecular weight excluding hydrogens is 608 g/mol. The number of aliphatic carboxylic acids is 1. The SMILES string of the molecule is CC(C)CC(NC(=O)C(Cc1ccccc1)NC(=O)C(Cc1c[nH]c2ccccc12)NC(=O)C(N)Cc1c[nH]c2ccccc12)C(=O)O. The number of fused-ring (bicyclic) bond motifs is 2. The molecule has 11 heteroatoms. The zero-order valence-electron chi connectivity index (χ0n) is 27.0. The molecule has 0 spiro atoms. The maximum Gasteiger partial charge on any atom is 0.326 e.